The average Bonchev–Trinajstić information content (AvgIpc) is 3.62. The number of likely N-dealkylation sites (N-methyl/N-ethyl adjacent to an activating group) is 2. The number of rotatable bonds is 9. The van der Waals surface area contributed by atoms with Crippen LogP contribution in [0.2, 0.25) is 0 Å². The number of imidazole rings is 2. The third-order valence-electron chi connectivity index (χ3n) is 5.66. The Kier molecular flexibility index (Phi) is 7.92. The second kappa shape index (κ2) is 11.6. The first-order valence-electron chi connectivity index (χ1n) is 11.7. The molecule has 2 aromatic heterocycles. The number of aromatic nitrogens is 4. The van der Waals surface area contributed by atoms with Gasteiger partial charge in [-0.05, 0) is 24.3 Å². The lowest BCUT2D eigenvalue weighted by Gasteiger charge is -2.22. The Morgan fingerprint density at radius 1 is 0.658 bits per heavy atom. The molecule has 0 bridgehead atoms. The van der Waals surface area contributed by atoms with E-state index in [9.17, 15) is 19.2 Å². The molecule has 0 atom stereocenters. The Hall–Kier alpha value is -5.26. The summed E-state index contributed by atoms with van der Waals surface area (Å²) in [7, 11) is 3.10. The van der Waals surface area contributed by atoms with Gasteiger partial charge in [-0.1, -0.05) is 36.4 Å². The zero-order valence-electron chi connectivity index (χ0n) is 20.8. The molecule has 0 fully saturated rings. The Morgan fingerprint density at radius 2 is 1.03 bits per heavy atom. The van der Waals surface area contributed by atoms with Crippen molar-refractivity contribution in [3.8, 4) is 0 Å². The van der Waals surface area contributed by atoms with Gasteiger partial charge >= 0.3 is 0 Å². The van der Waals surface area contributed by atoms with E-state index in [0.29, 0.717) is 11.4 Å². The summed E-state index contributed by atoms with van der Waals surface area (Å²) in [5.41, 5.74) is 1.13. The van der Waals surface area contributed by atoms with Gasteiger partial charge in [0.2, 0.25) is 0 Å². The topological polar surface area (TPSA) is 156 Å². The highest BCUT2D eigenvalue weighted by molar-refractivity contribution is 6.11. The van der Waals surface area contributed by atoms with Gasteiger partial charge in [0.25, 0.3) is 23.6 Å². The van der Waals surface area contributed by atoms with Crippen molar-refractivity contribution in [2.24, 2.45) is 0 Å². The molecule has 0 unspecified atom stereocenters. The van der Waals surface area contributed by atoms with Crippen molar-refractivity contribution >= 4 is 35.0 Å². The molecule has 4 amide bonds. The summed E-state index contributed by atoms with van der Waals surface area (Å²) in [6, 6.07) is 17.6. The van der Waals surface area contributed by atoms with Gasteiger partial charge < -0.3 is 30.4 Å². The van der Waals surface area contributed by atoms with Crippen LogP contribution in [0.5, 0.6) is 0 Å². The highest BCUT2D eigenvalue weighted by atomic mass is 16.2. The fraction of sp³-hybridized carbons (Fsp3) is 0.154. The predicted molar refractivity (Wildman–Crippen MR) is 140 cm³/mol. The van der Waals surface area contributed by atoms with E-state index in [0.717, 1.165) is 0 Å². The lowest BCUT2D eigenvalue weighted by atomic mass is 10.2. The number of nitrogens with one attached hydrogen (secondary N) is 4. The van der Waals surface area contributed by atoms with Gasteiger partial charge in [-0.15, -0.1) is 0 Å². The number of H-pyrrole nitrogens is 2. The molecule has 4 aromatic rings. The van der Waals surface area contributed by atoms with E-state index in [1.165, 1.54) is 22.5 Å². The maximum absolute atomic E-state index is 13.0. The fourth-order valence-corrected chi connectivity index (χ4v) is 3.57. The van der Waals surface area contributed by atoms with E-state index in [4.69, 9.17) is 0 Å². The van der Waals surface area contributed by atoms with E-state index < -0.39 is 23.6 Å². The third kappa shape index (κ3) is 5.93. The van der Waals surface area contributed by atoms with Gasteiger partial charge in [0, 0.05) is 38.6 Å². The standard InChI is InChI=1S/C26H26N8O4/c1-33(25(37)21-19(27-15-29-21)23(35)31-17-9-5-3-6-10-17)13-14-34(2)26(38)22-20(28-16-30-22)24(36)32-18-11-7-4-8-12-18/h3-12,15-16H,13-14H2,1-2H3,(H,27,29)(H,28,30)(H,31,35)(H,32,36). The van der Waals surface area contributed by atoms with Crippen LogP contribution in [-0.4, -0.2) is 80.5 Å². The molecule has 4 N–H and O–H groups in total. The van der Waals surface area contributed by atoms with E-state index in [2.05, 4.69) is 30.6 Å². The van der Waals surface area contributed by atoms with Crippen molar-refractivity contribution in [2.45, 2.75) is 0 Å². The first-order valence-corrected chi connectivity index (χ1v) is 11.7. The predicted octanol–water partition coefficient (Wildman–Crippen LogP) is 2.48. The van der Waals surface area contributed by atoms with Crippen LogP contribution in [0.25, 0.3) is 0 Å². The zero-order chi connectivity index (χ0) is 27.1. The highest BCUT2D eigenvalue weighted by Gasteiger charge is 2.26. The quantitative estimate of drug-likeness (QED) is 0.269. The smallest absolute Gasteiger partial charge is 0.276 e. The summed E-state index contributed by atoms with van der Waals surface area (Å²) in [6.45, 7) is 0.305. The van der Waals surface area contributed by atoms with Crippen LogP contribution in [-0.2, 0) is 0 Å². The number of carbonyl (C=O) groups excluding carboxylic acids is 4. The number of para-hydroxylation sites is 2. The van der Waals surface area contributed by atoms with Gasteiger partial charge in [-0.25, -0.2) is 9.97 Å². The van der Waals surface area contributed by atoms with Crippen molar-refractivity contribution in [3.63, 3.8) is 0 Å². The molecule has 12 nitrogen and oxygen atoms in total. The average molecular weight is 515 g/mol. The van der Waals surface area contributed by atoms with E-state index in [1.807, 2.05) is 12.1 Å². The zero-order valence-corrected chi connectivity index (χ0v) is 20.8. The molecule has 2 aromatic carbocycles. The lowest BCUT2D eigenvalue weighted by Crippen LogP contribution is -2.38. The van der Waals surface area contributed by atoms with Gasteiger partial charge in [-0.2, -0.15) is 0 Å². The molecule has 0 radical (unpaired) electrons. The van der Waals surface area contributed by atoms with Crippen molar-refractivity contribution < 1.29 is 19.2 Å². The van der Waals surface area contributed by atoms with Crippen LogP contribution < -0.4 is 10.6 Å². The largest absolute Gasteiger partial charge is 0.340 e. The molecular formula is C26H26N8O4. The van der Waals surface area contributed by atoms with Crippen LogP contribution >= 0.6 is 0 Å². The van der Waals surface area contributed by atoms with Crippen LogP contribution in [0.1, 0.15) is 42.0 Å². The number of amides is 4. The number of hydrogen-bond acceptors (Lipinski definition) is 6. The Morgan fingerprint density at radius 3 is 1.39 bits per heavy atom. The molecule has 0 aliphatic rings. The molecule has 2 heterocycles. The summed E-state index contributed by atoms with van der Waals surface area (Å²) in [5, 5.41) is 5.40. The molecule has 194 valence electrons. The molecule has 0 aliphatic carbocycles. The summed E-state index contributed by atoms with van der Waals surface area (Å²) in [5.74, 6) is -1.99. The van der Waals surface area contributed by atoms with Crippen LogP contribution in [0.15, 0.2) is 73.3 Å². The summed E-state index contributed by atoms with van der Waals surface area (Å²) < 4.78 is 0. The normalized spacial score (nSPS) is 10.5. The van der Waals surface area contributed by atoms with E-state index >= 15 is 0 Å². The Balaban J connectivity index is 1.36. The number of anilines is 2. The number of benzene rings is 2. The summed E-state index contributed by atoms with van der Waals surface area (Å²) in [6.07, 6.45) is 2.55. The number of hydrogen-bond donors (Lipinski definition) is 4. The van der Waals surface area contributed by atoms with Gasteiger partial charge in [0.15, 0.2) is 11.4 Å². The van der Waals surface area contributed by atoms with Crippen molar-refractivity contribution in [3.05, 3.63) is 96.1 Å². The maximum atomic E-state index is 13.0. The summed E-state index contributed by atoms with van der Waals surface area (Å²) >= 11 is 0. The molecule has 0 aliphatic heterocycles. The Bertz CT molecular complexity index is 1320. The molecule has 0 spiro atoms. The summed E-state index contributed by atoms with van der Waals surface area (Å²) in [4.78, 5) is 67.5. The van der Waals surface area contributed by atoms with Crippen molar-refractivity contribution in [2.75, 3.05) is 37.8 Å². The second-order valence-corrected chi connectivity index (χ2v) is 8.35. The van der Waals surface area contributed by atoms with Crippen LogP contribution in [0, 0.1) is 0 Å². The van der Waals surface area contributed by atoms with Crippen molar-refractivity contribution in [1.29, 1.82) is 0 Å². The van der Waals surface area contributed by atoms with E-state index in [1.54, 1.807) is 62.6 Å². The van der Waals surface area contributed by atoms with Gasteiger partial charge in [0.05, 0.1) is 12.7 Å². The highest BCUT2D eigenvalue weighted by Crippen LogP contribution is 2.13. The lowest BCUT2D eigenvalue weighted by molar-refractivity contribution is 0.0710. The maximum Gasteiger partial charge on any atom is 0.276 e. The third-order valence-corrected chi connectivity index (χ3v) is 5.66. The molecular weight excluding hydrogens is 488 g/mol. The minimum Gasteiger partial charge on any atom is -0.340 e. The minimum absolute atomic E-state index is 0.0309. The number of nitrogens with zero attached hydrogens (tertiary/aromatic N) is 4. The molecule has 4 rings (SSSR count). The molecule has 12 heteroatoms. The second-order valence-electron chi connectivity index (χ2n) is 8.35. The number of aromatic amines is 2. The SMILES string of the molecule is CN(CCN(C)C(=O)c1[nH]cnc1C(=O)Nc1ccccc1)C(=O)c1[nH]cnc1C(=O)Nc1ccccc1. The van der Waals surface area contributed by atoms with Crippen LogP contribution in [0.3, 0.4) is 0 Å². The Labute approximate surface area is 218 Å². The van der Waals surface area contributed by atoms with Crippen molar-refractivity contribution in [1.82, 2.24) is 29.7 Å². The fourth-order valence-electron chi connectivity index (χ4n) is 3.57. The molecule has 0 saturated heterocycles. The van der Waals surface area contributed by atoms with Gasteiger partial charge in [-0.3, -0.25) is 19.2 Å². The number of carbonyl (C=O) groups is 4. The monoisotopic (exact) mass is 514 g/mol. The first kappa shape index (κ1) is 25.8. The van der Waals surface area contributed by atoms with E-state index in [-0.39, 0.29) is 35.9 Å². The minimum atomic E-state index is -0.526. The van der Waals surface area contributed by atoms with Crippen LogP contribution in [0.4, 0.5) is 11.4 Å². The first-order chi connectivity index (χ1) is 18.3. The molecule has 38 heavy (non-hydrogen) atoms. The van der Waals surface area contributed by atoms with Gasteiger partial charge in [0.1, 0.15) is 11.4 Å². The molecule has 0 saturated carbocycles.